The molecule has 1 saturated carbocycles. The van der Waals surface area contributed by atoms with Gasteiger partial charge in [-0.25, -0.2) is 4.79 Å². The van der Waals surface area contributed by atoms with Crippen molar-refractivity contribution in [3.63, 3.8) is 0 Å². The Bertz CT molecular complexity index is 395. The number of hydrogen-bond donors (Lipinski definition) is 1. The highest BCUT2D eigenvalue weighted by Crippen LogP contribution is 2.23. The minimum Gasteiger partial charge on any atom is -0.444 e. The number of amides is 2. The molecule has 126 valence electrons. The van der Waals surface area contributed by atoms with Crippen molar-refractivity contribution in [2.24, 2.45) is 5.92 Å². The quantitative estimate of drug-likeness (QED) is 0.797. The van der Waals surface area contributed by atoms with Gasteiger partial charge in [0, 0.05) is 25.0 Å². The van der Waals surface area contributed by atoms with Gasteiger partial charge in [-0.05, 0) is 40.0 Å². The first-order valence-electron chi connectivity index (χ1n) is 8.63. The third-order valence-corrected chi connectivity index (χ3v) is 4.41. The molecular formula is C17H30N2O3. The number of nitrogens with zero attached hydrogens (tertiary/aromatic N) is 1. The van der Waals surface area contributed by atoms with E-state index in [9.17, 15) is 9.59 Å². The molecule has 2 aliphatic rings. The van der Waals surface area contributed by atoms with E-state index in [1.807, 2.05) is 20.8 Å². The Labute approximate surface area is 133 Å². The number of hydrogen-bond acceptors (Lipinski definition) is 3. The highest BCUT2D eigenvalue weighted by Gasteiger charge is 2.31. The first kappa shape index (κ1) is 17.1. The van der Waals surface area contributed by atoms with Gasteiger partial charge in [0.15, 0.2) is 0 Å². The van der Waals surface area contributed by atoms with Crippen molar-refractivity contribution in [2.75, 3.05) is 13.1 Å². The lowest BCUT2D eigenvalue weighted by Crippen LogP contribution is -2.42. The molecule has 22 heavy (non-hydrogen) atoms. The van der Waals surface area contributed by atoms with Crippen LogP contribution in [-0.4, -0.2) is 41.6 Å². The molecule has 0 bridgehead atoms. The van der Waals surface area contributed by atoms with Crippen molar-refractivity contribution in [3.8, 4) is 0 Å². The molecule has 1 heterocycles. The average molecular weight is 310 g/mol. The van der Waals surface area contributed by atoms with Gasteiger partial charge in [0.25, 0.3) is 0 Å². The molecule has 1 aliphatic heterocycles. The van der Waals surface area contributed by atoms with E-state index in [2.05, 4.69) is 5.32 Å². The Hall–Kier alpha value is -1.26. The fourth-order valence-electron chi connectivity index (χ4n) is 3.23. The highest BCUT2D eigenvalue weighted by molar-refractivity contribution is 5.79. The monoisotopic (exact) mass is 310 g/mol. The van der Waals surface area contributed by atoms with Gasteiger partial charge in [-0.3, -0.25) is 4.79 Å². The Morgan fingerprint density at radius 2 is 1.68 bits per heavy atom. The molecule has 5 heteroatoms. The molecule has 2 amide bonds. The highest BCUT2D eigenvalue weighted by atomic mass is 16.6. The van der Waals surface area contributed by atoms with Crippen LogP contribution >= 0.6 is 0 Å². The van der Waals surface area contributed by atoms with E-state index in [-0.39, 0.29) is 24.0 Å². The van der Waals surface area contributed by atoms with Gasteiger partial charge < -0.3 is 15.0 Å². The Morgan fingerprint density at radius 1 is 1.05 bits per heavy atom. The van der Waals surface area contributed by atoms with Crippen LogP contribution < -0.4 is 5.32 Å². The number of rotatable bonds is 2. The molecule has 2 rings (SSSR count). The van der Waals surface area contributed by atoms with E-state index in [1.165, 1.54) is 12.8 Å². The van der Waals surface area contributed by atoms with E-state index in [0.29, 0.717) is 13.1 Å². The van der Waals surface area contributed by atoms with Crippen molar-refractivity contribution < 1.29 is 14.3 Å². The summed E-state index contributed by atoms with van der Waals surface area (Å²) in [5.74, 6) is 0.344. The van der Waals surface area contributed by atoms with Crippen LogP contribution in [0.25, 0.3) is 0 Å². The minimum absolute atomic E-state index is 0.0725. The molecule has 1 N–H and O–H groups in total. The van der Waals surface area contributed by atoms with Gasteiger partial charge >= 0.3 is 6.09 Å². The van der Waals surface area contributed by atoms with Crippen LogP contribution in [0.4, 0.5) is 4.79 Å². The molecule has 0 aromatic carbocycles. The molecule has 0 aromatic heterocycles. The van der Waals surface area contributed by atoms with Crippen molar-refractivity contribution in [1.29, 1.82) is 0 Å². The van der Waals surface area contributed by atoms with Crippen LogP contribution in [0.5, 0.6) is 0 Å². The SMILES string of the molecule is CC(C)(C)OC(=O)N1CCC(NC(=O)C2CCCCCC2)C1. The summed E-state index contributed by atoms with van der Waals surface area (Å²) in [6.45, 7) is 6.82. The summed E-state index contributed by atoms with van der Waals surface area (Å²) in [6.07, 6.45) is 7.37. The van der Waals surface area contributed by atoms with E-state index >= 15 is 0 Å². The second-order valence-corrected chi connectivity index (χ2v) is 7.61. The second kappa shape index (κ2) is 7.34. The summed E-state index contributed by atoms with van der Waals surface area (Å²) in [5, 5.41) is 3.14. The molecule has 0 spiro atoms. The fourth-order valence-corrected chi connectivity index (χ4v) is 3.23. The van der Waals surface area contributed by atoms with Gasteiger partial charge in [0.05, 0.1) is 0 Å². The van der Waals surface area contributed by atoms with Crippen LogP contribution in [0.3, 0.4) is 0 Å². The molecule has 5 nitrogen and oxygen atoms in total. The predicted molar refractivity (Wildman–Crippen MR) is 85.5 cm³/mol. The Morgan fingerprint density at radius 3 is 2.27 bits per heavy atom. The second-order valence-electron chi connectivity index (χ2n) is 7.61. The summed E-state index contributed by atoms with van der Waals surface area (Å²) < 4.78 is 5.38. The molecule has 1 saturated heterocycles. The first-order chi connectivity index (χ1) is 10.3. The zero-order valence-corrected chi connectivity index (χ0v) is 14.2. The van der Waals surface area contributed by atoms with E-state index < -0.39 is 5.60 Å². The number of likely N-dealkylation sites (tertiary alicyclic amines) is 1. The smallest absolute Gasteiger partial charge is 0.410 e. The van der Waals surface area contributed by atoms with Gasteiger partial charge in [-0.15, -0.1) is 0 Å². The van der Waals surface area contributed by atoms with E-state index in [4.69, 9.17) is 4.74 Å². The third-order valence-electron chi connectivity index (χ3n) is 4.41. The summed E-state index contributed by atoms with van der Waals surface area (Å²) in [5.41, 5.74) is -0.473. The molecule has 1 aliphatic carbocycles. The molecule has 1 unspecified atom stereocenters. The molecular weight excluding hydrogens is 280 g/mol. The number of nitrogens with one attached hydrogen (secondary N) is 1. The maximum atomic E-state index is 12.4. The fraction of sp³-hybridized carbons (Fsp3) is 0.882. The van der Waals surface area contributed by atoms with Crippen molar-refractivity contribution in [1.82, 2.24) is 10.2 Å². The minimum atomic E-state index is -0.473. The topological polar surface area (TPSA) is 58.6 Å². The summed E-state index contributed by atoms with van der Waals surface area (Å²) >= 11 is 0. The number of ether oxygens (including phenoxy) is 1. The maximum Gasteiger partial charge on any atom is 0.410 e. The van der Waals surface area contributed by atoms with Crippen molar-refractivity contribution in [3.05, 3.63) is 0 Å². The maximum absolute atomic E-state index is 12.4. The van der Waals surface area contributed by atoms with Gasteiger partial charge in [0.1, 0.15) is 5.60 Å². The molecule has 1 atom stereocenters. The summed E-state index contributed by atoms with van der Waals surface area (Å²) in [7, 11) is 0. The first-order valence-corrected chi connectivity index (χ1v) is 8.63. The summed E-state index contributed by atoms with van der Waals surface area (Å²) in [4.78, 5) is 26.1. The molecule has 0 radical (unpaired) electrons. The standard InChI is InChI=1S/C17H30N2O3/c1-17(2,3)22-16(21)19-11-10-14(12-19)18-15(20)13-8-6-4-5-7-9-13/h13-14H,4-12H2,1-3H3,(H,18,20). The van der Waals surface area contributed by atoms with Gasteiger partial charge in [0.2, 0.25) is 5.91 Å². The summed E-state index contributed by atoms with van der Waals surface area (Å²) in [6, 6.07) is 0.0725. The van der Waals surface area contributed by atoms with Crippen LogP contribution in [0.15, 0.2) is 0 Å². The number of carbonyl (C=O) groups is 2. The molecule has 0 aromatic rings. The van der Waals surface area contributed by atoms with Crippen LogP contribution in [0, 0.1) is 5.92 Å². The zero-order valence-electron chi connectivity index (χ0n) is 14.2. The van der Waals surface area contributed by atoms with Crippen molar-refractivity contribution in [2.45, 2.75) is 77.4 Å². The predicted octanol–water partition coefficient (Wildman–Crippen LogP) is 3.08. The van der Waals surface area contributed by atoms with Crippen LogP contribution in [0.1, 0.15) is 65.7 Å². The van der Waals surface area contributed by atoms with E-state index in [1.54, 1.807) is 4.90 Å². The lowest BCUT2D eigenvalue weighted by Gasteiger charge is -2.24. The normalized spacial score (nSPS) is 24.0. The van der Waals surface area contributed by atoms with Crippen molar-refractivity contribution >= 4 is 12.0 Å². The van der Waals surface area contributed by atoms with Crippen LogP contribution in [-0.2, 0) is 9.53 Å². The van der Waals surface area contributed by atoms with Gasteiger partial charge in [-0.1, -0.05) is 25.7 Å². The number of carbonyl (C=O) groups excluding carboxylic acids is 2. The average Bonchev–Trinajstić information content (AvgIpc) is 2.71. The molecule has 2 fully saturated rings. The lowest BCUT2D eigenvalue weighted by atomic mass is 9.99. The van der Waals surface area contributed by atoms with E-state index in [0.717, 1.165) is 32.1 Å². The third kappa shape index (κ3) is 5.18. The largest absolute Gasteiger partial charge is 0.444 e. The zero-order chi connectivity index (χ0) is 16.2. The van der Waals surface area contributed by atoms with Crippen LogP contribution in [0.2, 0.25) is 0 Å². The Kier molecular flexibility index (Phi) is 5.70. The van der Waals surface area contributed by atoms with Gasteiger partial charge in [-0.2, -0.15) is 0 Å². The Balaban J connectivity index is 1.78. The lowest BCUT2D eigenvalue weighted by molar-refractivity contribution is -0.126.